The van der Waals surface area contributed by atoms with Gasteiger partial charge in [-0.2, -0.15) is 0 Å². The molecule has 0 bridgehead atoms. The molecule has 7 nitrogen and oxygen atoms in total. The Labute approximate surface area is 215 Å². The van der Waals surface area contributed by atoms with Gasteiger partial charge >= 0.3 is 6.09 Å². The van der Waals surface area contributed by atoms with Crippen molar-refractivity contribution in [1.82, 2.24) is 10.2 Å². The van der Waals surface area contributed by atoms with Crippen LogP contribution in [0, 0.1) is 5.41 Å². The van der Waals surface area contributed by atoms with Gasteiger partial charge < -0.3 is 20.1 Å². The summed E-state index contributed by atoms with van der Waals surface area (Å²) in [6, 6.07) is 13.3. The molecule has 0 aromatic heterocycles. The zero-order valence-electron chi connectivity index (χ0n) is 22.2. The van der Waals surface area contributed by atoms with Gasteiger partial charge in [0.05, 0.1) is 12.0 Å². The molecule has 1 unspecified atom stereocenters. The van der Waals surface area contributed by atoms with E-state index in [2.05, 4.69) is 39.1 Å². The van der Waals surface area contributed by atoms with Crippen LogP contribution in [-0.4, -0.2) is 56.5 Å². The van der Waals surface area contributed by atoms with Crippen molar-refractivity contribution in [3.8, 4) is 16.9 Å². The number of nitrogens with one attached hydrogen (secondary N) is 1. The smallest absolute Gasteiger partial charge is 0.407 e. The van der Waals surface area contributed by atoms with Crippen molar-refractivity contribution in [2.45, 2.75) is 76.4 Å². The highest BCUT2D eigenvalue weighted by atomic mass is 32.2. The molecule has 2 aromatic rings. The van der Waals surface area contributed by atoms with Gasteiger partial charge in [0.1, 0.15) is 5.75 Å². The first-order chi connectivity index (χ1) is 16.8. The fourth-order valence-corrected chi connectivity index (χ4v) is 5.64. The normalized spacial score (nSPS) is 19.5. The topological polar surface area (TPSA) is 95.9 Å². The van der Waals surface area contributed by atoms with E-state index < -0.39 is 15.9 Å². The van der Waals surface area contributed by atoms with E-state index in [-0.39, 0.29) is 17.5 Å². The van der Waals surface area contributed by atoms with Crippen LogP contribution in [0.1, 0.15) is 65.0 Å². The number of carboxylic acid groups (broad SMARTS) is 1. The van der Waals surface area contributed by atoms with Crippen LogP contribution < -0.4 is 10.1 Å². The highest BCUT2D eigenvalue weighted by Gasteiger charge is 2.32. The summed E-state index contributed by atoms with van der Waals surface area (Å²) in [4.78, 5) is 13.8. The number of sulfone groups is 1. The Hall–Kier alpha value is -2.58. The van der Waals surface area contributed by atoms with E-state index in [1.807, 2.05) is 24.3 Å². The van der Waals surface area contributed by atoms with E-state index in [1.165, 1.54) is 6.26 Å². The molecular weight excluding hydrogens is 476 g/mol. The Morgan fingerprint density at radius 1 is 1.08 bits per heavy atom. The molecule has 1 amide bonds. The molecule has 2 N–H and O–H groups in total. The predicted octanol–water partition coefficient (Wildman–Crippen LogP) is 5.75. The van der Waals surface area contributed by atoms with Gasteiger partial charge in [-0.3, -0.25) is 0 Å². The molecule has 0 saturated heterocycles. The molecule has 198 valence electrons. The maximum atomic E-state index is 11.9. The van der Waals surface area contributed by atoms with Crippen molar-refractivity contribution in [2.24, 2.45) is 5.41 Å². The van der Waals surface area contributed by atoms with Gasteiger partial charge in [0.25, 0.3) is 0 Å². The molecule has 1 atom stereocenters. The summed E-state index contributed by atoms with van der Waals surface area (Å²) in [5.41, 5.74) is 2.88. The second-order valence-corrected chi connectivity index (χ2v) is 13.1. The Bertz CT molecular complexity index is 1150. The first-order valence-electron chi connectivity index (χ1n) is 12.5. The maximum Gasteiger partial charge on any atom is 0.407 e. The third kappa shape index (κ3) is 7.23. The van der Waals surface area contributed by atoms with E-state index in [0.29, 0.717) is 17.5 Å². The zero-order valence-corrected chi connectivity index (χ0v) is 23.1. The molecule has 0 heterocycles. The molecule has 3 rings (SSSR count). The summed E-state index contributed by atoms with van der Waals surface area (Å²) in [6.07, 6.45) is 3.89. The first kappa shape index (κ1) is 28.0. The summed E-state index contributed by atoms with van der Waals surface area (Å²) in [5, 5.41) is 13.5. The largest absolute Gasteiger partial charge is 0.496 e. The standard InChI is InChI=1S/C28H40N2O5S/c1-19(29-22-10-12-23(13-11-22)30(27(31)32)18-28(2,3)4)25-17-21(9-16-26(25)35-5)20-7-14-24(15-8-20)36(6,33)34/h7-9,14-17,19,22-23,29H,10-13,18H2,1-6H3,(H,31,32). The van der Waals surface area contributed by atoms with Gasteiger partial charge in [-0.25, -0.2) is 13.2 Å². The molecule has 0 spiro atoms. The SMILES string of the molecule is COc1ccc(-c2ccc(S(C)(=O)=O)cc2)cc1C(C)NC1CCC(N(CC(C)(C)C)C(=O)O)CC1. The lowest BCUT2D eigenvalue weighted by atomic mass is 9.87. The van der Waals surface area contributed by atoms with Gasteiger partial charge in [0, 0.05) is 36.5 Å². The highest BCUT2D eigenvalue weighted by Crippen LogP contribution is 2.33. The van der Waals surface area contributed by atoms with E-state index in [1.54, 1.807) is 24.1 Å². The van der Waals surface area contributed by atoms with Crippen LogP contribution >= 0.6 is 0 Å². The molecule has 1 aliphatic rings. The van der Waals surface area contributed by atoms with E-state index in [9.17, 15) is 18.3 Å². The Morgan fingerprint density at radius 3 is 2.17 bits per heavy atom. The third-order valence-corrected chi connectivity index (χ3v) is 7.95. The fraction of sp³-hybridized carbons (Fsp3) is 0.536. The molecule has 1 aliphatic carbocycles. The number of carbonyl (C=O) groups is 1. The van der Waals surface area contributed by atoms with Crippen molar-refractivity contribution in [3.05, 3.63) is 48.0 Å². The predicted molar refractivity (Wildman–Crippen MR) is 143 cm³/mol. The average Bonchev–Trinajstić information content (AvgIpc) is 2.81. The van der Waals surface area contributed by atoms with Gasteiger partial charge in [0.2, 0.25) is 0 Å². The molecule has 0 radical (unpaired) electrons. The molecule has 1 saturated carbocycles. The van der Waals surface area contributed by atoms with Crippen LogP contribution in [0.15, 0.2) is 47.4 Å². The second-order valence-electron chi connectivity index (χ2n) is 11.1. The Morgan fingerprint density at radius 2 is 1.67 bits per heavy atom. The summed E-state index contributed by atoms with van der Waals surface area (Å²) in [7, 11) is -1.58. The van der Waals surface area contributed by atoms with Crippen LogP contribution in [0.5, 0.6) is 5.75 Å². The number of methoxy groups -OCH3 is 1. The van der Waals surface area contributed by atoms with E-state index in [4.69, 9.17) is 4.74 Å². The minimum atomic E-state index is -3.24. The summed E-state index contributed by atoms with van der Waals surface area (Å²) in [6.45, 7) is 8.86. The molecule has 36 heavy (non-hydrogen) atoms. The molecule has 0 aliphatic heterocycles. The third-order valence-electron chi connectivity index (χ3n) is 6.83. The minimum absolute atomic E-state index is 0.0295. The molecule has 8 heteroatoms. The second kappa shape index (κ2) is 11.2. The maximum absolute atomic E-state index is 11.9. The zero-order chi connectivity index (χ0) is 26.7. The van der Waals surface area contributed by atoms with Crippen molar-refractivity contribution in [2.75, 3.05) is 19.9 Å². The van der Waals surface area contributed by atoms with Crippen molar-refractivity contribution >= 4 is 15.9 Å². The molecular formula is C28H40N2O5S. The first-order valence-corrected chi connectivity index (χ1v) is 14.4. The summed E-state index contributed by atoms with van der Waals surface area (Å²) >= 11 is 0. The minimum Gasteiger partial charge on any atom is -0.496 e. The average molecular weight is 517 g/mol. The van der Waals surface area contributed by atoms with Gasteiger partial charge in [-0.05, 0) is 73.4 Å². The highest BCUT2D eigenvalue weighted by molar-refractivity contribution is 7.90. The fourth-order valence-electron chi connectivity index (χ4n) is 5.01. The lowest BCUT2D eigenvalue weighted by Gasteiger charge is -2.39. The monoisotopic (exact) mass is 516 g/mol. The lowest BCUT2D eigenvalue weighted by molar-refractivity contribution is 0.0841. The number of benzene rings is 2. The lowest BCUT2D eigenvalue weighted by Crippen LogP contribution is -2.47. The quantitative estimate of drug-likeness (QED) is 0.464. The number of hydrogen-bond donors (Lipinski definition) is 2. The number of rotatable bonds is 8. The van der Waals surface area contributed by atoms with Crippen LogP contribution in [0.4, 0.5) is 4.79 Å². The van der Waals surface area contributed by atoms with Crippen molar-refractivity contribution < 1.29 is 23.1 Å². The van der Waals surface area contributed by atoms with Gasteiger partial charge in [-0.1, -0.05) is 39.0 Å². The summed E-state index contributed by atoms with van der Waals surface area (Å²) < 4.78 is 29.2. The molecule has 2 aromatic carbocycles. The van der Waals surface area contributed by atoms with E-state index >= 15 is 0 Å². The number of hydrogen-bond acceptors (Lipinski definition) is 5. The van der Waals surface area contributed by atoms with Gasteiger partial charge in [-0.15, -0.1) is 0 Å². The Kier molecular flexibility index (Phi) is 8.72. The Balaban J connectivity index is 1.70. The van der Waals surface area contributed by atoms with Crippen LogP contribution in [0.2, 0.25) is 0 Å². The van der Waals surface area contributed by atoms with Crippen molar-refractivity contribution in [3.63, 3.8) is 0 Å². The number of nitrogens with zero attached hydrogens (tertiary/aromatic N) is 1. The number of ether oxygens (including phenoxy) is 1. The van der Waals surface area contributed by atoms with Gasteiger partial charge in [0.15, 0.2) is 9.84 Å². The molecule has 1 fully saturated rings. The van der Waals surface area contributed by atoms with Crippen LogP contribution in [-0.2, 0) is 9.84 Å². The van der Waals surface area contributed by atoms with Crippen molar-refractivity contribution in [1.29, 1.82) is 0 Å². The number of amides is 1. The van der Waals surface area contributed by atoms with E-state index in [0.717, 1.165) is 48.1 Å². The summed E-state index contributed by atoms with van der Waals surface area (Å²) in [5.74, 6) is 0.794. The van der Waals surface area contributed by atoms with Crippen LogP contribution in [0.3, 0.4) is 0 Å². The van der Waals surface area contributed by atoms with Crippen LogP contribution in [0.25, 0.3) is 11.1 Å².